The summed E-state index contributed by atoms with van der Waals surface area (Å²) in [7, 11) is 0. The van der Waals surface area contributed by atoms with Crippen molar-refractivity contribution in [2.45, 2.75) is 20.8 Å². The highest BCUT2D eigenvalue weighted by atomic mass is 79.9. The van der Waals surface area contributed by atoms with Crippen LogP contribution in [-0.2, 0) is 4.79 Å². The minimum atomic E-state index is -0.852. The van der Waals surface area contributed by atoms with E-state index < -0.39 is 5.41 Å². The summed E-state index contributed by atoms with van der Waals surface area (Å²) in [6.07, 6.45) is 0. The summed E-state index contributed by atoms with van der Waals surface area (Å²) in [6.45, 7) is 5.34. The Morgan fingerprint density at radius 1 is 1.47 bits per heavy atom. The second kappa shape index (κ2) is 5.14. The van der Waals surface area contributed by atoms with E-state index in [-0.39, 0.29) is 10.9 Å². The number of nitrogens with two attached hydrogens (primary N) is 1. The summed E-state index contributed by atoms with van der Waals surface area (Å²) < 4.78 is 0.974. The van der Waals surface area contributed by atoms with Crippen LogP contribution in [-0.4, -0.2) is 10.9 Å². The molecule has 0 aliphatic carbocycles. The molecule has 0 saturated carbocycles. The van der Waals surface area contributed by atoms with Crippen molar-refractivity contribution in [1.29, 1.82) is 0 Å². The van der Waals surface area contributed by atoms with Crippen molar-refractivity contribution in [3.05, 3.63) is 28.2 Å². The molecule has 0 aliphatic heterocycles. The summed E-state index contributed by atoms with van der Waals surface area (Å²) in [4.78, 5) is 12.2. The third-order valence-electron chi connectivity index (χ3n) is 2.62. The molecule has 0 heterocycles. The van der Waals surface area contributed by atoms with Gasteiger partial charge < -0.3 is 11.1 Å². The van der Waals surface area contributed by atoms with Gasteiger partial charge in [-0.15, -0.1) is 0 Å². The van der Waals surface area contributed by atoms with Gasteiger partial charge in [0.1, 0.15) is 0 Å². The highest BCUT2D eigenvalue weighted by molar-refractivity contribution is 9.10. The second-order valence-electron chi connectivity index (χ2n) is 4.40. The standard InChI is InChI=1S/C12H15BrN2OS/c1-7-6-8(13)4-5-9(7)15-11(16)12(2,3)10(14)17/h4-6H,1-3H3,(H2,14,17)(H,15,16). The molecule has 0 saturated heterocycles. The van der Waals surface area contributed by atoms with E-state index in [4.69, 9.17) is 18.0 Å². The number of hydrogen-bond acceptors (Lipinski definition) is 2. The molecule has 92 valence electrons. The molecule has 1 aromatic carbocycles. The molecule has 5 heteroatoms. The smallest absolute Gasteiger partial charge is 0.236 e. The van der Waals surface area contributed by atoms with Crippen LogP contribution >= 0.6 is 28.1 Å². The van der Waals surface area contributed by atoms with Gasteiger partial charge in [-0.1, -0.05) is 28.1 Å². The summed E-state index contributed by atoms with van der Waals surface area (Å²) in [6, 6.07) is 5.65. The van der Waals surface area contributed by atoms with E-state index in [2.05, 4.69) is 21.2 Å². The van der Waals surface area contributed by atoms with Gasteiger partial charge in [-0.25, -0.2) is 0 Å². The number of anilines is 1. The van der Waals surface area contributed by atoms with Crippen LogP contribution in [0.3, 0.4) is 0 Å². The van der Waals surface area contributed by atoms with E-state index in [1.165, 1.54) is 0 Å². The zero-order valence-electron chi connectivity index (χ0n) is 10.0. The molecule has 0 radical (unpaired) electrons. The SMILES string of the molecule is Cc1cc(Br)ccc1NC(=O)C(C)(C)C(N)=S. The average molecular weight is 315 g/mol. The zero-order valence-corrected chi connectivity index (χ0v) is 12.4. The number of carbonyl (C=O) groups excluding carboxylic acids is 1. The van der Waals surface area contributed by atoms with Crippen LogP contribution in [0.1, 0.15) is 19.4 Å². The van der Waals surface area contributed by atoms with E-state index in [0.717, 1.165) is 15.7 Å². The highest BCUT2D eigenvalue weighted by Gasteiger charge is 2.31. The summed E-state index contributed by atoms with van der Waals surface area (Å²) in [5, 5.41) is 2.83. The van der Waals surface area contributed by atoms with Crippen LogP contribution in [0.15, 0.2) is 22.7 Å². The van der Waals surface area contributed by atoms with Gasteiger partial charge in [-0.2, -0.15) is 0 Å². The van der Waals surface area contributed by atoms with Crippen molar-refractivity contribution in [3.63, 3.8) is 0 Å². The molecule has 0 fully saturated rings. The van der Waals surface area contributed by atoms with Gasteiger partial charge in [0.05, 0.1) is 10.4 Å². The lowest BCUT2D eigenvalue weighted by Gasteiger charge is -2.22. The Labute approximate surface area is 115 Å². The van der Waals surface area contributed by atoms with Crippen molar-refractivity contribution < 1.29 is 4.79 Å². The lowest BCUT2D eigenvalue weighted by molar-refractivity contribution is -0.121. The maximum atomic E-state index is 12.0. The largest absolute Gasteiger partial charge is 0.392 e. The van der Waals surface area contributed by atoms with Crippen LogP contribution in [0.25, 0.3) is 0 Å². The first-order valence-corrected chi connectivity index (χ1v) is 6.33. The third-order valence-corrected chi connectivity index (χ3v) is 3.62. The van der Waals surface area contributed by atoms with Gasteiger partial charge in [0.15, 0.2) is 0 Å². The number of aryl methyl sites for hydroxylation is 1. The van der Waals surface area contributed by atoms with Crippen LogP contribution < -0.4 is 11.1 Å². The first-order chi connectivity index (χ1) is 7.75. The number of nitrogens with one attached hydrogen (secondary N) is 1. The topological polar surface area (TPSA) is 55.1 Å². The molecule has 1 amide bonds. The van der Waals surface area contributed by atoms with Gasteiger partial charge in [-0.3, -0.25) is 4.79 Å². The van der Waals surface area contributed by atoms with Crippen LogP contribution in [0, 0.1) is 12.3 Å². The Hall–Kier alpha value is -0.940. The molecule has 0 spiro atoms. The van der Waals surface area contributed by atoms with E-state index >= 15 is 0 Å². The molecule has 0 bridgehead atoms. The fourth-order valence-corrected chi connectivity index (χ4v) is 1.73. The number of amides is 1. The predicted octanol–water partition coefficient (Wildman–Crippen LogP) is 3.01. The zero-order chi connectivity index (χ0) is 13.2. The van der Waals surface area contributed by atoms with Crippen molar-refractivity contribution in [2.24, 2.45) is 11.1 Å². The van der Waals surface area contributed by atoms with E-state index in [1.54, 1.807) is 13.8 Å². The van der Waals surface area contributed by atoms with Gasteiger partial charge in [0.25, 0.3) is 0 Å². The molecule has 1 rings (SSSR count). The fourth-order valence-electron chi connectivity index (χ4n) is 1.16. The summed E-state index contributed by atoms with van der Waals surface area (Å²) >= 11 is 8.26. The second-order valence-corrected chi connectivity index (χ2v) is 5.76. The maximum absolute atomic E-state index is 12.0. The molecule has 3 nitrogen and oxygen atoms in total. The van der Waals surface area contributed by atoms with E-state index in [0.29, 0.717) is 0 Å². The Morgan fingerprint density at radius 3 is 2.53 bits per heavy atom. The predicted molar refractivity (Wildman–Crippen MR) is 78.1 cm³/mol. The number of benzene rings is 1. The molecule has 3 N–H and O–H groups in total. The van der Waals surface area contributed by atoms with Crippen molar-refractivity contribution >= 4 is 44.7 Å². The normalized spacial score (nSPS) is 11.1. The Bertz CT molecular complexity index is 472. The van der Waals surface area contributed by atoms with Crippen LogP contribution in [0.4, 0.5) is 5.69 Å². The molecule has 0 atom stereocenters. The van der Waals surface area contributed by atoms with Gasteiger partial charge in [0, 0.05) is 10.2 Å². The fraction of sp³-hybridized carbons (Fsp3) is 0.333. The molecule has 0 aromatic heterocycles. The molecular formula is C12H15BrN2OS. The quantitative estimate of drug-likeness (QED) is 0.843. The summed E-state index contributed by atoms with van der Waals surface area (Å²) in [5.41, 5.74) is 6.44. The van der Waals surface area contributed by atoms with E-state index in [9.17, 15) is 4.79 Å². The molecular weight excluding hydrogens is 300 g/mol. The van der Waals surface area contributed by atoms with Crippen molar-refractivity contribution in [1.82, 2.24) is 0 Å². The monoisotopic (exact) mass is 314 g/mol. The van der Waals surface area contributed by atoms with Gasteiger partial charge >= 0.3 is 0 Å². The van der Waals surface area contributed by atoms with Crippen LogP contribution in [0.5, 0.6) is 0 Å². The first kappa shape index (κ1) is 14.1. The van der Waals surface area contributed by atoms with Crippen molar-refractivity contribution in [3.8, 4) is 0 Å². The molecule has 17 heavy (non-hydrogen) atoms. The van der Waals surface area contributed by atoms with Gasteiger partial charge in [0.2, 0.25) is 5.91 Å². The Morgan fingerprint density at radius 2 is 2.06 bits per heavy atom. The summed E-state index contributed by atoms with van der Waals surface area (Å²) in [5.74, 6) is -0.199. The molecule has 0 aliphatic rings. The molecule has 0 unspecified atom stereocenters. The lowest BCUT2D eigenvalue weighted by atomic mass is 9.92. The third kappa shape index (κ3) is 3.26. The number of halogens is 1. The number of carbonyl (C=O) groups is 1. The number of thiocarbonyl (C=S) groups is 1. The van der Waals surface area contributed by atoms with Gasteiger partial charge in [-0.05, 0) is 44.5 Å². The number of hydrogen-bond donors (Lipinski definition) is 2. The minimum absolute atomic E-state index is 0.185. The highest BCUT2D eigenvalue weighted by Crippen LogP contribution is 2.23. The van der Waals surface area contributed by atoms with Crippen molar-refractivity contribution in [2.75, 3.05) is 5.32 Å². The number of rotatable bonds is 3. The Balaban J connectivity index is 2.92. The lowest BCUT2D eigenvalue weighted by Crippen LogP contribution is -2.41. The van der Waals surface area contributed by atoms with E-state index in [1.807, 2.05) is 25.1 Å². The molecule has 1 aromatic rings. The van der Waals surface area contributed by atoms with Crippen LogP contribution in [0.2, 0.25) is 0 Å². The average Bonchev–Trinajstić information content (AvgIpc) is 2.21. The minimum Gasteiger partial charge on any atom is -0.392 e. The Kier molecular flexibility index (Phi) is 4.27. The first-order valence-electron chi connectivity index (χ1n) is 5.12. The maximum Gasteiger partial charge on any atom is 0.236 e.